The fourth-order valence-corrected chi connectivity index (χ4v) is 2.80. The summed E-state index contributed by atoms with van der Waals surface area (Å²) in [5.74, 6) is 1.74. The van der Waals surface area contributed by atoms with E-state index in [-0.39, 0.29) is 0 Å². The van der Waals surface area contributed by atoms with Crippen molar-refractivity contribution < 1.29 is 0 Å². The first-order valence-corrected chi connectivity index (χ1v) is 7.51. The van der Waals surface area contributed by atoms with Crippen LogP contribution in [0.2, 0.25) is 0 Å². The van der Waals surface area contributed by atoms with Crippen molar-refractivity contribution in [1.82, 2.24) is 15.2 Å². The molecule has 2 rings (SSSR count). The van der Waals surface area contributed by atoms with Crippen LogP contribution in [0.15, 0.2) is 6.20 Å². The van der Waals surface area contributed by atoms with Gasteiger partial charge in [-0.05, 0) is 39.5 Å². The lowest BCUT2D eigenvalue weighted by molar-refractivity contribution is 0.441. The molecule has 1 aromatic rings. The van der Waals surface area contributed by atoms with Crippen molar-refractivity contribution in [1.29, 1.82) is 0 Å². The molecule has 5 heteroatoms. The van der Waals surface area contributed by atoms with Gasteiger partial charge in [-0.25, -0.2) is 0 Å². The Labute approximate surface area is 116 Å². The van der Waals surface area contributed by atoms with Gasteiger partial charge in [0, 0.05) is 25.7 Å². The molecule has 0 radical (unpaired) electrons. The molecule has 0 spiro atoms. The van der Waals surface area contributed by atoms with Crippen molar-refractivity contribution in [2.24, 2.45) is 0 Å². The van der Waals surface area contributed by atoms with Crippen molar-refractivity contribution in [3.05, 3.63) is 6.20 Å². The third-order valence-corrected chi connectivity index (χ3v) is 3.98. The molecule has 0 bridgehead atoms. The normalized spacial score (nSPS) is 19.5. The Kier molecular flexibility index (Phi) is 4.93. The van der Waals surface area contributed by atoms with Gasteiger partial charge in [-0.2, -0.15) is 10.1 Å². The third kappa shape index (κ3) is 3.14. The Morgan fingerprint density at radius 2 is 2.05 bits per heavy atom. The molecular weight excluding hydrogens is 238 g/mol. The summed E-state index contributed by atoms with van der Waals surface area (Å²) in [5.41, 5.74) is 0. The predicted octanol–water partition coefficient (Wildman–Crippen LogP) is 2.49. The SMILES string of the molecule is CCC1CCCCN1c1nncc(N(CC)CC)n1. The molecule has 1 aliphatic heterocycles. The second-order valence-corrected chi connectivity index (χ2v) is 5.04. The van der Waals surface area contributed by atoms with E-state index in [2.05, 4.69) is 40.8 Å². The molecule has 1 unspecified atom stereocenters. The molecule has 2 heterocycles. The van der Waals surface area contributed by atoms with Crippen molar-refractivity contribution in [2.75, 3.05) is 29.4 Å². The van der Waals surface area contributed by atoms with Crippen LogP contribution in [-0.2, 0) is 0 Å². The van der Waals surface area contributed by atoms with E-state index in [0.717, 1.165) is 37.8 Å². The highest BCUT2D eigenvalue weighted by molar-refractivity contribution is 5.42. The van der Waals surface area contributed by atoms with E-state index in [4.69, 9.17) is 4.98 Å². The van der Waals surface area contributed by atoms with Gasteiger partial charge in [-0.1, -0.05) is 6.92 Å². The molecule has 0 aliphatic carbocycles. The third-order valence-electron chi connectivity index (χ3n) is 3.98. The highest BCUT2D eigenvalue weighted by Crippen LogP contribution is 2.24. The molecule has 0 aromatic carbocycles. The zero-order valence-electron chi connectivity index (χ0n) is 12.3. The smallest absolute Gasteiger partial charge is 0.247 e. The lowest BCUT2D eigenvalue weighted by Crippen LogP contribution is -2.40. The number of anilines is 2. The van der Waals surface area contributed by atoms with Crippen LogP contribution in [0.25, 0.3) is 0 Å². The molecular formula is C14H25N5. The fourth-order valence-electron chi connectivity index (χ4n) is 2.80. The molecule has 0 saturated carbocycles. The van der Waals surface area contributed by atoms with Crippen LogP contribution in [0.3, 0.4) is 0 Å². The number of rotatable bonds is 5. The first kappa shape index (κ1) is 14.0. The molecule has 1 fully saturated rings. The molecule has 0 amide bonds. The number of piperidine rings is 1. The Hall–Kier alpha value is -1.39. The summed E-state index contributed by atoms with van der Waals surface area (Å²) < 4.78 is 0. The minimum absolute atomic E-state index is 0.572. The van der Waals surface area contributed by atoms with E-state index in [1.807, 2.05) is 0 Å². The topological polar surface area (TPSA) is 45.2 Å². The summed E-state index contributed by atoms with van der Waals surface area (Å²) in [7, 11) is 0. The summed E-state index contributed by atoms with van der Waals surface area (Å²) >= 11 is 0. The predicted molar refractivity (Wildman–Crippen MR) is 78.7 cm³/mol. The minimum atomic E-state index is 0.572. The maximum Gasteiger partial charge on any atom is 0.247 e. The van der Waals surface area contributed by atoms with Gasteiger partial charge in [0.25, 0.3) is 0 Å². The van der Waals surface area contributed by atoms with Gasteiger partial charge in [0.1, 0.15) is 0 Å². The Morgan fingerprint density at radius 3 is 2.74 bits per heavy atom. The minimum Gasteiger partial charge on any atom is -0.356 e. The van der Waals surface area contributed by atoms with E-state index in [0.29, 0.717) is 6.04 Å². The molecule has 1 saturated heterocycles. The molecule has 106 valence electrons. The first-order valence-electron chi connectivity index (χ1n) is 7.51. The number of nitrogens with zero attached hydrogens (tertiary/aromatic N) is 5. The quantitative estimate of drug-likeness (QED) is 0.816. The van der Waals surface area contributed by atoms with E-state index < -0.39 is 0 Å². The number of aromatic nitrogens is 3. The van der Waals surface area contributed by atoms with Crippen molar-refractivity contribution in [2.45, 2.75) is 52.5 Å². The van der Waals surface area contributed by atoms with Crippen LogP contribution in [0.1, 0.15) is 46.5 Å². The van der Waals surface area contributed by atoms with Crippen molar-refractivity contribution >= 4 is 11.8 Å². The van der Waals surface area contributed by atoms with Crippen LogP contribution < -0.4 is 9.80 Å². The van der Waals surface area contributed by atoms with E-state index >= 15 is 0 Å². The molecule has 1 aromatic heterocycles. The average molecular weight is 263 g/mol. The van der Waals surface area contributed by atoms with Crippen LogP contribution in [-0.4, -0.2) is 40.9 Å². The Morgan fingerprint density at radius 1 is 1.26 bits per heavy atom. The largest absolute Gasteiger partial charge is 0.356 e. The van der Waals surface area contributed by atoms with Crippen LogP contribution in [0.5, 0.6) is 0 Å². The highest BCUT2D eigenvalue weighted by atomic mass is 15.4. The lowest BCUT2D eigenvalue weighted by Gasteiger charge is -2.35. The summed E-state index contributed by atoms with van der Waals surface area (Å²) in [6.07, 6.45) is 6.71. The van der Waals surface area contributed by atoms with E-state index in [9.17, 15) is 0 Å². The van der Waals surface area contributed by atoms with Crippen LogP contribution >= 0.6 is 0 Å². The standard InChI is InChI=1S/C14H25N5/c1-4-12-9-7-8-10-19(12)14-16-13(11-15-17-14)18(5-2)6-3/h11-12H,4-10H2,1-3H3. The highest BCUT2D eigenvalue weighted by Gasteiger charge is 2.23. The second-order valence-electron chi connectivity index (χ2n) is 5.04. The van der Waals surface area contributed by atoms with Gasteiger partial charge in [0.2, 0.25) is 5.95 Å². The Balaban J connectivity index is 2.21. The maximum atomic E-state index is 4.71. The van der Waals surface area contributed by atoms with Gasteiger partial charge in [-0.15, -0.1) is 5.10 Å². The van der Waals surface area contributed by atoms with Gasteiger partial charge in [0.05, 0.1) is 6.20 Å². The summed E-state index contributed by atoms with van der Waals surface area (Å²) in [5, 5.41) is 8.40. The van der Waals surface area contributed by atoms with Crippen molar-refractivity contribution in [3.8, 4) is 0 Å². The van der Waals surface area contributed by atoms with E-state index in [1.165, 1.54) is 19.3 Å². The number of hydrogen-bond acceptors (Lipinski definition) is 5. The average Bonchev–Trinajstić information content (AvgIpc) is 2.49. The molecule has 19 heavy (non-hydrogen) atoms. The van der Waals surface area contributed by atoms with Gasteiger partial charge in [0.15, 0.2) is 5.82 Å². The maximum absolute atomic E-state index is 4.71. The molecule has 1 aliphatic rings. The zero-order valence-corrected chi connectivity index (χ0v) is 12.3. The zero-order chi connectivity index (χ0) is 13.7. The summed E-state index contributed by atoms with van der Waals surface area (Å²) in [4.78, 5) is 9.26. The lowest BCUT2D eigenvalue weighted by atomic mass is 10.0. The van der Waals surface area contributed by atoms with Gasteiger partial charge >= 0.3 is 0 Å². The Bertz CT molecular complexity index is 391. The monoisotopic (exact) mass is 263 g/mol. The van der Waals surface area contributed by atoms with Crippen LogP contribution in [0, 0.1) is 0 Å². The van der Waals surface area contributed by atoms with Gasteiger partial charge in [-0.3, -0.25) is 0 Å². The molecule has 5 nitrogen and oxygen atoms in total. The van der Waals surface area contributed by atoms with Crippen molar-refractivity contribution in [3.63, 3.8) is 0 Å². The summed E-state index contributed by atoms with van der Waals surface area (Å²) in [6.45, 7) is 9.48. The van der Waals surface area contributed by atoms with Crippen LogP contribution in [0.4, 0.5) is 11.8 Å². The number of hydrogen-bond donors (Lipinski definition) is 0. The molecule has 1 atom stereocenters. The van der Waals surface area contributed by atoms with Gasteiger partial charge < -0.3 is 9.80 Å². The second kappa shape index (κ2) is 6.68. The summed E-state index contributed by atoms with van der Waals surface area (Å²) in [6, 6.07) is 0.572. The van der Waals surface area contributed by atoms with E-state index in [1.54, 1.807) is 6.20 Å². The fraction of sp³-hybridized carbons (Fsp3) is 0.786. The molecule has 0 N–H and O–H groups in total. The first-order chi connectivity index (χ1) is 9.30.